The van der Waals surface area contributed by atoms with Crippen LogP contribution in [0.25, 0.3) is 5.52 Å². The van der Waals surface area contributed by atoms with Crippen molar-refractivity contribution in [2.75, 3.05) is 20.1 Å². The molecule has 0 spiro atoms. The number of hydrogen-bond acceptors (Lipinski definition) is 3. The predicted molar refractivity (Wildman–Crippen MR) is 74.5 cm³/mol. The van der Waals surface area contributed by atoms with E-state index in [0.29, 0.717) is 11.5 Å². The van der Waals surface area contributed by atoms with E-state index in [9.17, 15) is 4.79 Å². The van der Waals surface area contributed by atoms with E-state index < -0.39 is 0 Å². The Hall–Kier alpha value is -1.68. The van der Waals surface area contributed by atoms with E-state index in [0.717, 1.165) is 30.6 Å². The molecule has 3 heterocycles. The van der Waals surface area contributed by atoms with Crippen LogP contribution in [0.1, 0.15) is 29.0 Å². The van der Waals surface area contributed by atoms with Crippen molar-refractivity contribution in [1.29, 1.82) is 0 Å². The van der Waals surface area contributed by atoms with Gasteiger partial charge in [0, 0.05) is 24.7 Å². The fourth-order valence-electron chi connectivity index (χ4n) is 2.99. The zero-order valence-corrected chi connectivity index (χ0v) is 11.2. The average Bonchev–Trinajstić information content (AvgIpc) is 2.81. The fraction of sp³-hybridized carbons (Fsp3) is 0.467. The maximum Gasteiger partial charge on any atom is 0.150 e. The number of fused-ring (bicyclic) bond motifs is 1. The molecule has 1 aliphatic rings. The van der Waals surface area contributed by atoms with Crippen LogP contribution in [0.15, 0.2) is 24.5 Å². The van der Waals surface area contributed by atoms with Crippen LogP contribution in [0.5, 0.6) is 0 Å². The normalized spacial score (nSPS) is 20.8. The molecule has 19 heavy (non-hydrogen) atoms. The molecule has 3 rings (SSSR count). The maximum absolute atomic E-state index is 10.8. The minimum Gasteiger partial charge on any atom is -0.306 e. The molecule has 2 aromatic heterocycles. The lowest BCUT2D eigenvalue weighted by atomic mass is 9.95. The van der Waals surface area contributed by atoms with E-state index in [1.807, 2.05) is 24.5 Å². The van der Waals surface area contributed by atoms with E-state index >= 15 is 0 Å². The number of carbonyl (C=O) groups is 1. The van der Waals surface area contributed by atoms with Crippen LogP contribution >= 0.6 is 0 Å². The topological polar surface area (TPSA) is 37.6 Å². The van der Waals surface area contributed by atoms with Gasteiger partial charge in [-0.1, -0.05) is 0 Å². The van der Waals surface area contributed by atoms with Gasteiger partial charge in [-0.2, -0.15) is 0 Å². The van der Waals surface area contributed by atoms with Crippen molar-refractivity contribution >= 4 is 11.8 Å². The molecule has 0 bridgehead atoms. The maximum atomic E-state index is 10.8. The third-order valence-corrected chi connectivity index (χ3v) is 3.96. The number of hydrogen-bond donors (Lipinski definition) is 0. The summed E-state index contributed by atoms with van der Waals surface area (Å²) in [5.74, 6) is 1.79. The third kappa shape index (κ3) is 2.54. The summed E-state index contributed by atoms with van der Waals surface area (Å²) in [5, 5.41) is 0. The first kappa shape index (κ1) is 12.4. The molecule has 0 aliphatic carbocycles. The number of nitrogens with zero attached hydrogens (tertiary/aromatic N) is 3. The van der Waals surface area contributed by atoms with Gasteiger partial charge in [-0.05, 0) is 44.5 Å². The molecule has 1 atom stereocenters. The Morgan fingerprint density at radius 1 is 1.53 bits per heavy atom. The lowest BCUT2D eigenvalue weighted by Crippen LogP contribution is -2.33. The molecule has 0 amide bonds. The lowest BCUT2D eigenvalue weighted by molar-refractivity contribution is 0.112. The Balaban J connectivity index is 1.83. The van der Waals surface area contributed by atoms with Crippen molar-refractivity contribution in [3.63, 3.8) is 0 Å². The van der Waals surface area contributed by atoms with Crippen molar-refractivity contribution in [3.05, 3.63) is 35.9 Å². The largest absolute Gasteiger partial charge is 0.306 e. The molecule has 1 fully saturated rings. The number of pyridine rings is 1. The molecule has 1 unspecified atom stereocenters. The number of aromatic nitrogens is 2. The number of piperidine rings is 1. The SMILES string of the molecule is CN1CCCC(Cc2ncc3cc(C=O)ccn23)C1. The van der Waals surface area contributed by atoms with Crippen LogP contribution in [-0.4, -0.2) is 40.7 Å². The second kappa shape index (κ2) is 5.13. The Morgan fingerprint density at radius 3 is 3.21 bits per heavy atom. The van der Waals surface area contributed by atoms with Crippen LogP contribution in [-0.2, 0) is 6.42 Å². The highest BCUT2D eigenvalue weighted by Gasteiger charge is 2.19. The Labute approximate surface area is 113 Å². The van der Waals surface area contributed by atoms with Gasteiger partial charge in [0.15, 0.2) is 0 Å². The number of carbonyl (C=O) groups excluding carboxylic acids is 1. The molecule has 0 saturated carbocycles. The highest BCUT2D eigenvalue weighted by Crippen LogP contribution is 2.20. The first-order valence-corrected chi connectivity index (χ1v) is 6.86. The molecule has 1 aliphatic heterocycles. The smallest absolute Gasteiger partial charge is 0.150 e. The minimum absolute atomic E-state index is 0.690. The molecule has 4 heteroatoms. The molecule has 1 saturated heterocycles. The van der Waals surface area contributed by atoms with E-state index in [1.165, 1.54) is 19.4 Å². The van der Waals surface area contributed by atoms with E-state index in [-0.39, 0.29) is 0 Å². The average molecular weight is 257 g/mol. The molecule has 4 nitrogen and oxygen atoms in total. The monoisotopic (exact) mass is 257 g/mol. The van der Waals surface area contributed by atoms with Gasteiger partial charge in [0.05, 0.1) is 11.7 Å². The van der Waals surface area contributed by atoms with Gasteiger partial charge < -0.3 is 9.30 Å². The van der Waals surface area contributed by atoms with Crippen LogP contribution in [0.4, 0.5) is 0 Å². The Morgan fingerprint density at radius 2 is 2.42 bits per heavy atom. The van der Waals surface area contributed by atoms with Crippen molar-refractivity contribution in [2.45, 2.75) is 19.3 Å². The summed E-state index contributed by atoms with van der Waals surface area (Å²) in [6.45, 7) is 2.36. The molecular formula is C15H19N3O. The Kier molecular flexibility index (Phi) is 3.34. The van der Waals surface area contributed by atoms with Gasteiger partial charge in [-0.15, -0.1) is 0 Å². The quantitative estimate of drug-likeness (QED) is 0.790. The van der Waals surface area contributed by atoms with E-state index in [4.69, 9.17) is 0 Å². The standard InChI is InChI=1S/C15H19N3O/c1-17-5-2-3-12(10-17)8-15-16-9-14-7-13(11-19)4-6-18(14)15/h4,6-7,9,11-12H,2-3,5,8,10H2,1H3. The second-order valence-corrected chi connectivity index (χ2v) is 5.52. The van der Waals surface area contributed by atoms with Crippen molar-refractivity contribution in [1.82, 2.24) is 14.3 Å². The number of imidazole rings is 1. The van der Waals surface area contributed by atoms with Crippen LogP contribution < -0.4 is 0 Å². The molecule has 100 valence electrons. The van der Waals surface area contributed by atoms with Crippen LogP contribution in [0, 0.1) is 5.92 Å². The van der Waals surface area contributed by atoms with Gasteiger partial charge >= 0.3 is 0 Å². The lowest BCUT2D eigenvalue weighted by Gasteiger charge is -2.29. The first-order chi connectivity index (χ1) is 9.26. The summed E-state index contributed by atoms with van der Waals surface area (Å²) in [7, 11) is 2.19. The van der Waals surface area contributed by atoms with Gasteiger partial charge in [-0.25, -0.2) is 4.98 Å². The van der Waals surface area contributed by atoms with Crippen LogP contribution in [0.2, 0.25) is 0 Å². The van der Waals surface area contributed by atoms with Crippen molar-refractivity contribution in [2.24, 2.45) is 5.92 Å². The molecule has 0 N–H and O–H groups in total. The number of aldehydes is 1. The van der Waals surface area contributed by atoms with Gasteiger partial charge in [0.2, 0.25) is 0 Å². The molecule has 0 radical (unpaired) electrons. The zero-order chi connectivity index (χ0) is 13.2. The molecular weight excluding hydrogens is 238 g/mol. The first-order valence-electron chi connectivity index (χ1n) is 6.86. The zero-order valence-electron chi connectivity index (χ0n) is 11.2. The van der Waals surface area contributed by atoms with Gasteiger partial charge in [-0.3, -0.25) is 4.79 Å². The molecule has 0 aromatic carbocycles. The summed E-state index contributed by atoms with van der Waals surface area (Å²) in [5.41, 5.74) is 1.71. The van der Waals surface area contributed by atoms with E-state index in [1.54, 1.807) is 0 Å². The Bertz CT molecular complexity index is 590. The third-order valence-electron chi connectivity index (χ3n) is 3.96. The van der Waals surface area contributed by atoms with Crippen molar-refractivity contribution < 1.29 is 4.79 Å². The number of rotatable bonds is 3. The van der Waals surface area contributed by atoms with E-state index in [2.05, 4.69) is 21.3 Å². The highest BCUT2D eigenvalue weighted by atomic mass is 16.1. The summed E-state index contributed by atoms with van der Waals surface area (Å²) in [4.78, 5) is 17.7. The summed E-state index contributed by atoms with van der Waals surface area (Å²) >= 11 is 0. The van der Waals surface area contributed by atoms with Gasteiger partial charge in [0.1, 0.15) is 12.1 Å². The predicted octanol–water partition coefficient (Wildman–Crippen LogP) is 2.03. The fourth-order valence-corrected chi connectivity index (χ4v) is 2.99. The summed E-state index contributed by atoms with van der Waals surface area (Å²) in [6.07, 6.45) is 8.26. The minimum atomic E-state index is 0.690. The second-order valence-electron chi connectivity index (χ2n) is 5.52. The van der Waals surface area contributed by atoms with Crippen molar-refractivity contribution in [3.8, 4) is 0 Å². The number of likely N-dealkylation sites (tertiary alicyclic amines) is 1. The highest BCUT2D eigenvalue weighted by molar-refractivity contribution is 5.77. The summed E-state index contributed by atoms with van der Waals surface area (Å²) in [6, 6.07) is 3.73. The molecule has 2 aromatic rings. The van der Waals surface area contributed by atoms with Crippen LogP contribution in [0.3, 0.4) is 0 Å². The van der Waals surface area contributed by atoms with Gasteiger partial charge in [0.25, 0.3) is 0 Å². The summed E-state index contributed by atoms with van der Waals surface area (Å²) < 4.78 is 2.10.